The van der Waals surface area contributed by atoms with Gasteiger partial charge < -0.3 is 5.32 Å². The molecule has 1 amide bonds. The van der Waals surface area contributed by atoms with Crippen LogP contribution in [0.1, 0.15) is 36.5 Å². The molecule has 132 valence electrons. The van der Waals surface area contributed by atoms with Crippen LogP contribution in [0.3, 0.4) is 0 Å². The van der Waals surface area contributed by atoms with E-state index in [9.17, 15) is 13.6 Å². The molecule has 1 unspecified atom stereocenters. The summed E-state index contributed by atoms with van der Waals surface area (Å²) in [5.41, 5.74) is 0.745. The predicted octanol–water partition coefficient (Wildman–Crippen LogP) is 6.15. The quantitative estimate of drug-likeness (QED) is 0.688. The summed E-state index contributed by atoms with van der Waals surface area (Å²) in [5.74, 6) is -0.587. The molecule has 2 nitrogen and oxygen atoms in total. The third-order valence-corrected chi connectivity index (χ3v) is 5.93. The summed E-state index contributed by atoms with van der Waals surface area (Å²) < 4.78 is 27.3. The summed E-state index contributed by atoms with van der Waals surface area (Å²) in [4.78, 5) is 12.9. The number of carbonyl (C=O) groups excluding carboxylic acids is 1. The van der Waals surface area contributed by atoms with Gasteiger partial charge in [-0.05, 0) is 61.6 Å². The molecule has 0 spiro atoms. The largest absolute Gasteiger partial charge is 0.322 e. The molecule has 6 heteroatoms. The van der Waals surface area contributed by atoms with Crippen molar-refractivity contribution >= 4 is 35.0 Å². The number of amides is 1. The second kappa shape index (κ2) is 7.75. The van der Waals surface area contributed by atoms with E-state index in [0.29, 0.717) is 27.3 Å². The van der Waals surface area contributed by atoms with Gasteiger partial charge in [0.25, 0.3) is 5.91 Å². The number of benzene rings is 2. The van der Waals surface area contributed by atoms with Crippen LogP contribution in [-0.4, -0.2) is 11.2 Å². The molecule has 0 bridgehead atoms. The van der Waals surface area contributed by atoms with E-state index in [-0.39, 0.29) is 16.7 Å². The van der Waals surface area contributed by atoms with E-state index in [1.807, 2.05) is 0 Å². The maximum absolute atomic E-state index is 14.1. The summed E-state index contributed by atoms with van der Waals surface area (Å²) in [5, 5.41) is 2.97. The number of anilines is 1. The molecule has 1 saturated carbocycles. The Morgan fingerprint density at radius 3 is 2.60 bits per heavy atom. The fourth-order valence-corrected chi connectivity index (χ4v) is 4.55. The summed E-state index contributed by atoms with van der Waals surface area (Å²) in [7, 11) is 0. The highest BCUT2D eigenvalue weighted by molar-refractivity contribution is 8.00. The van der Waals surface area contributed by atoms with Crippen LogP contribution in [-0.2, 0) is 0 Å². The van der Waals surface area contributed by atoms with Crippen molar-refractivity contribution in [1.29, 1.82) is 0 Å². The summed E-state index contributed by atoms with van der Waals surface area (Å²) in [6.07, 6.45) is 3.29. The van der Waals surface area contributed by atoms with Crippen molar-refractivity contribution in [3.8, 4) is 0 Å². The third kappa shape index (κ3) is 4.53. The molecule has 2 aromatic rings. The first-order chi connectivity index (χ1) is 11.9. The average Bonchev–Trinajstić information content (AvgIpc) is 2.98. The Morgan fingerprint density at radius 1 is 1.16 bits per heavy atom. The number of hydrogen-bond donors (Lipinski definition) is 1. The van der Waals surface area contributed by atoms with Gasteiger partial charge in [0.15, 0.2) is 0 Å². The maximum atomic E-state index is 14.1. The van der Waals surface area contributed by atoms with Gasteiger partial charge in [0.1, 0.15) is 11.6 Å². The lowest BCUT2D eigenvalue weighted by molar-refractivity contribution is 0.102. The topological polar surface area (TPSA) is 29.1 Å². The lowest BCUT2D eigenvalue weighted by Crippen LogP contribution is -2.12. The summed E-state index contributed by atoms with van der Waals surface area (Å²) >= 11 is 7.22. The standard InChI is InChI=1S/C19H18ClF2NOS/c1-11-2-5-14(8-11)25-18-9-12(3-6-17(18)22)19(24)23-13-4-7-16(21)15(20)10-13/h3-4,6-7,9-11,14H,2,5,8H2,1H3,(H,23,24)/t11-,14?/m0/s1. The monoisotopic (exact) mass is 381 g/mol. The Bertz CT molecular complexity index is 799. The Balaban J connectivity index is 1.74. The van der Waals surface area contributed by atoms with Crippen LogP contribution in [0, 0.1) is 17.6 Å². The van der Waals surface area contributed by atoms with E-state index in [4.69, 9.17) is 11.6 Å². The SMILES string of the molecule is C[C@H]1CCC(Sc2cc(C(=O)Nc3ccc(F)c(Cl)c3)ccc2F)C1. The molecule has 2 aromatic carbocycles. The Labute approximate surface area is 155 Å². The lowest BCUT2D eigenvalue weighted by atomic mass is 10.1. The fraction of sp³-hybridized carbons (Fsp3) is 0.316. The normalized spacial score (nSPS) is 19.8. The van der Waals surface area contributed by atoms with Gasteiger partial charge in [-0.3, -0.25) is 4.79 Å². The number of rotatable bonds is 4. The van der Waals surface area contributed by atoms with Crippen molar-refractivity contribution < 1.29 is 13.6 Å². The van der Waals surface area contributed by atoms with E-state index < -0.39 is 5.82 Å². The number of halogens is 3. The predicted molar refractivity (Wildman–Crippen MR) is 98.4 cm³/mol. The summed E-state index contributed by atoms with van der Waals surface area (Å²) in [6, 6.07) is 8.28. The van der Waals surface area contributed by atoms with Crippen molar-refractivity contribution in [3.05, 3.63) is 58.6 Å². The van der Waals surface area contributed by atoms with Crippen LogP contribution in [0.2, 0.25) is 5.02 Å². The highest BCUT2D eigenvalue weighted by Gasteiger charge is 2.23. The Morgan fingerprint density at radius 2 is 1.92 bits per heavy atom. The molecule has 3 rings (SSSR count). The third-order valence-electron chi connectivity index (χ3n) is 4.31. The molecule has 2 atom stereocenters. The molecule has 25 heavy (non-hydrogen) atoms. The highest BCUT2D eigenvalue weighted by atomic mass is 35.5. The minimum absolute atomic E-state index is 0.0662. The fourth-order valence-electron chi connectivity index (χ4n) is 2.95. The van der Waals surface area contributed by atoms with Gasteiger partial charge in [0.05, 0.1) is 5.02 Å². The van der Waals surface area contributed by atoms with Crippen molar-refractivity contribution in [2.45, 2.75) is 36.3 Å². The minimum atomic E-state index is -0.550. The van der Waals surface area contributed by atoms with Crippen molar-refractivity contribution in [1.82, 2.24) is 0 Å². The molecule has 0 radical (unpaired) electrons. The van der Waals surface area contributed by atoms with Gasteiger partial charge >= 0.3 is 0 Å². The van der Waals surface area contributed by atoms with Gasteiger partial charge in [0.2, 0.25) is 0 Å². The highest BCUT2D eigenvalue weighted by Crippen LogP contribution is 2.38. The van der Waals surface area contributed by atoms with Gasteiger partial charge in [-0.15, -0.1) is 11.8 Å². The average molecular weight is 382 g/mol. The first-order valence-electron chi connectivity index (χ1n) is 8.15. The van der Waals surface area contributed by atoms with E-state index in [1.54, 1.807) is 6.07 Å². The molecule has 0 aromatic heterocycles. The molecular weight excluding hydrogens is 364 g/mol. The molecule has 0 heterocycles. The first kappa shape index (κ1) is 18.2. The lowest BCUT2D eigenvalue weighted by Gasteiger charge is -2.12. The Hall–Kier alpha value is -1.59. The smallest absolute Gasteiger partial charge is 0.255 e. The second-order valence-electron chi connectivity index (χ2n) is 6.39. The van der Waals surface area contributed by atoms with Gasteiger partial charge in [-0.25, -0.2) is 8.78 Å². The van der Waals surface area contributed by atoms with E-state index in [0.717, 1.165) is 19.3 Å². The van der Waals surface area contributed by atoms with E-state index in [2.05, 4.69) is 12.2 Å². The molecule has 1 fully saturated rings. The van der Waals surface area contributed by atoms with E-state index >= 15 is 0 Å². The van der Waals surface area contributed by atoms with Crippen LogP contribution in [0.15, 0.2) is 41.3 Å². The first-order valence-corrected chi connectivity index (χ1v) is 9.40. The summed E-state index contributed by atoms with van der Waals surface area (Å²) in [6.45, 7) is 2.20. The van der Waals surface area contributed by atoms with Crippen molar-refractivity contribution in [2.75, 3.05) is 5.32 Å². The van der Waals surface area contributed by atoms with Crippen LogP contribution in [0.4, 0.5) is 14.5 Å². The van der Waals surface area contributed by atoms with Gasteiger partial charge in [-0.1, -0.05) is 18.5 Å². The molecule has 1 aliphatic carbocycles. The van der Waals surface area contributed by atoms with Crippen LogP contribution < -0.4 is 5.32 Å². The van der Waals surface area contributed by atoms with Gasteiger partial charge in [0, 0.05) is 21.4 Å². The number of carbonyl (C=O) groups is 1. The molecule has 1 aliphatic rings. The molecular formula is C19H18ClF2NOS. The zero-order chi connectivity index (χ0) is 18.0. The zero-order valence-corrected chi connectivity index (χ0v) is 15.3. The van der Waals surface area contributed by atoms with Crippen LogP contribution in [0.5, 0.6) is 0 Å². The molecule has 0 saturated heterocycles. The molecule has 0 aliphatic heterocycles. The van der Waals surface area contributed by atoms with Crippen molar-refractivity contribution in [3.63, 3.8) is 0 Å². The van der Waals surface area contributed by atoms with Gasteiger partial charge in [-0.2, -0.15) is 0 Å². The van der Waals surface area contributed by atoms with Crippen molar-refractivity contribution in [2.24, 2.45) is 5.92 Å². The molecule has 1 N–H and O–H groups in total. The number of nitrogens with one attached hydrogen (secondary N) is 1. The van der Waals surface area contributed by atoms with E-state index in [1.165, 1.54) is 42.1 Å². The zero-order valence-electron chi connectivity index (χ0n) is 13.7. The number of hydrogen-bond acceptors (Lipinski definition) is 2. The van der Waals surface area contributed by atoms with Crippen LogP contribution >= 0.6 is 23.4 Å². The van der Waals surface area contributed by atoms with Crippen LogP contribution in [0.25, 0.3) is 0 Å². The Kier molecular flexibility index (Phi) is 5.64. The maximum Gasteiger partial charge on any atom is 0.255 e. The second-order valence-corrected chi connectivity index (χ2v) is 8.14. The number of thioether (sulfide) groups is 1. The minimum Gasteiger partial charge on any atom is -0.322 e.